The predicted octanol–water partition coefficient (Wildman–Crippen LogP) is 0.960. The molecule has 0 aliphatic rings. The first-order chi connectivity index (χ1) is 4.31. The zero-order chi connectivity index (χ0) is 7.11. The van der Waals surface area contributed by atoms with Gasteiger partial charge in [-0.15, -0.1) is 6.58 Å². The van der Waals surface area contributed by atoms with Crippen molar-refractivity contribution in [1.29, 1.82) is 0 Å². The highest BCUT2D eigenvalue weighted by Gasteiger charge is 1.99. The van der Waals surface area contributed by atoms with E-state index in [9.17, 15) is 0 Å². The second kappa shape index (κ2) is 5.79. The van der Waals surface area contributed by atoms with Gasteiger partial charge in [0.25, 0.3) is 0 Å². The Bertz CT molecular complexity index is 71.3. The molecule has 0 fully saturated rings. The first-order valence-electron chi connectivity index (χ1n) is 3.09. The molecule has 0 saturated heterocycles. The summed E-state index contributed by atoms with van der Waals surface area (Å²) in [5.41, 5.74) is 0. The van der Waals surface area contributed by atoms with Crippen molar-refractivity contribution in [3.05, 3.63) is 12.7 Å². The highest BCUT2D eigenvalue weighted by atomic mass is 16.5. The molecule has 54 valence electrons. The van der Waals surface area contributed by atoms with Crippen molar-refractivity contribution in [2.75, 3.05) is 13.7 Å². The largest absolute Gasteiger partial charge is 0.391 e. The van der Waals surface area contributed by atoms with E-state index < -0.39 is 0 Å². The van der Waals surface area contributed by atoms with Crippen molar-refractivity contribution in [3.63, 3.8) is 0 Å². The molecule has 0 saturated carbocycles. The molecule has 0 aromatic rings. The summed E-state index contributed by atoms with van der Waals surface area (Å²) in [4.78, 5) is 0. The standard InChI is InChI=1S/C7H14O2/c1-3-4-5-7(8)6-9-2/h3,7-8H,1,4-6H2,2H3. The van der Waals surface area contributed by atoms with Crippen LogP contribution in [-0.4, -0.2) is 24.9 Å². The Morgan fingerprint density at radius 3 is 2.89 bits per heavy atom. The Morgan fingerprint density at radius 1 is 1.78 bits per heavy atom. The van der Waals surface area contributed by atoms with Crippen LogP contribution in [0.25, 0.3) is 0 Å². The van der Waals surface area contributed by atoms with Gasteiger partial charge >= 0.3 is 0 Å². The summed E-state index contributed by atoms with van der Waals surface area (Å²) in [6, 6.07) is 0. The van der Waals surface area contributed by atoms with E-state index in [1.807, 2.05) is 0 Å². The van der Waals surface area contributed by atoms with Crippen molar-refractivity contribution in [1.82, 2.24) is 0 Å². The molecular weight excluding hydrogens is 116 g/mol. The van der Waals surface area contributed by atoms with Gasteiger partial charge in [-0.2, -0.15) is 0 Å². The van der Waals surface area contributed by atoms with Crippen LogP contribution in [-0.2, 0) is 4.74 Å². The van der Waals surface area contributed by atoms with Gasteiger partial charge in [0.1, 0.15) is 0 Å². The molecule has 0 spiro atoms. The molecule has 0 rings (SSSR count). The smallest absolute Gasteiger partial charge is 0.0776 e. The summed E-state index contributed by atoms with van der Waals surface area (Å²) >= 11 is 0. The van der Waals surface area contributed by atoms with E-state index in [-0.39, 0.29) is 6.10 Å². The van der Waals surface area contributed by atoms with Gasteiger partial charge in [-0.1, -0.05) is 6.08 Å². The molecule has 0 heterocycles. The Kier molecular flexibility index (Phi) is 5.57. The SMILES string of the molecule is C=CCCC(O)COC. The Labute approximate surface area is 56.1 Å². The predicted molar refractivity (Wildman–Crippen MR) is 37.3 cm³/mol. The van der Waals surface area contributed by atoms with Crippen molar-refractivity contribution < 1.29 is 9.84 Å². The number of ether oxygens (including phenoxy) is 1. The molecule has 2 nitrogen and oxygen atoms in total. The van der Waals surface area contributed by atoms with Crippen molar-refractivity contribution in [2.45, 2.75) is 18.9 Å². The molecule has 0 aliphatic carbocycles. The second-order valence-corrected chi connectivity index (χ2v) is 1.98. The van der Waals surface area contributed by atoms with E-state index in [0.29, 0.717) is 6.61 Å². The van der Waals surface area contributed by atoms with Gasteiger partial charge in [0.15, 0.2) is 0 Å². The number of rotatable bonds is 5. The minimum Gasteiger partial charge on any atom is -0.391 e. The summed E-state index contributed by atoms with van der Waals surface area (Å²) < 4.78 is 4.72. The molecule has 1 atom stereocenters. The number of hydrogen-bond donors (Lipinski definition) is 1. The van der Waals surface area contributed by atoms with Gasteiger partial charge in [0.05, 0.1) is 12.7 Å². The van der Waals surface area contributed by atoms with Gasteiger partial charge in [0, 0.05) is 7.11 Å². The maximum Gasteiger partial charge on any atom is 0.0776 e. The van der Waals surface area contributed by atoms with E-state index in [0.717, 1.165) is 12.8 Å². The Balaban J connectivity index is 3.04. The maximum atomic E-state index is 9.01. The lowest BCUT2D eigenvalue weighted by molar-refractivity contribution is 0.0600. The minimum atomic E-state index is -0.326. The number of aliphatic hydroxyl groups excluding tert-OH is 1. The fraction of sp³-hybridized carbons (Fsp3) is 0.714. The topological polar surface area (TPSA) is 29.5 Å². The van der Waals surface area contributed by atoms with Crippen LogP contribution in [0.2, 0.25) is 0 Å². The number of hydrogen-bond acceptors (Lipinski definition) is 2. The molecule has 1 N–H and O–H groups in total. The van der Waals surface area contributed by atoms with Gasteiger partial charge in [-0.25, -0.2) is 0 Å². The molecule has 0 bridgehead atoms. The molecule has 0 radical (unpaired) electrons. The van der Waals surface area contributed by atoms with Gasteiger partial charge in [0.2, 0.25) is 0 Å². The lowest BCUT2D eigenvalue weighted by Crippen LogP contribution is -2.12. The molecule has 9 heavy (non-hydrogen) atoms. The third kappa shape index (κ3) is 5.53. The molecule has 0 aromatic carbocycles. The lowest BCUT2D eigenvalue weighted by Gasteiger charge is -2.05. The number of allylic oxidation sites excluding steroid dienone is 1. The summed E-state index contributed by atoms with van der Waals surface area (Å²) in [7, 11) is 1.58. The average Bonchev–Trinajstić information content (AvgIpc) is 1.85. The van der Waals surface area contributed by atoms with Gasteiger partial charge < -0.3 is 9.84 Å². The summed E-state index contributed by atoms with van der Waals surface area (Å²) in [5, 5.41) is 9.01. The quantitative estimate of drug-likeness (QED) is 0.562. The third-order valence-corrected chi connectivity index (χ3v) is 1.06. The molecular formula is C7H14O2. The van der Waals surface area contributed by atoms with E-state index in [4.69, 9.17) is 9.84 Å². The van der Waals surface area contributed by atoms with E-state index >= 15 is 0 Å². The van der Waals surface area contributed by atoms with Gasteiger partial charge in [-0.3, -0.25) is 0 Å². The van der Waals surface area contributed by atoms with Gasteiger partial charge in [-0.05, 0) is 12.8 Å². The summed E-state index contributed by atoms with van der Waals surface area (Å²) in [5.74, 6) is 0. The molecule has 0 aromatic heterocycles. The van der Waals surface area contributed by atoms with Crippen LogP contribution in [0.4, 0.5) is 0 Å². The van der Waals surface area contributed by atoms with Crippen LogP contribution in [0.5, 0.6) is 0 Å². The van der Waals surface area contributed by atoms with E-state index in [1.165, 1.54) is 0 Å². The van der Waals surface area contributed by atoms with Crippen LogP contribution in [0.15, 0.2) is 12.7 Å². The zero-order valence-corrected chi connectivity index (χ0v) is 5.84. The third-order valence-electron chi connectivity index (χ3n) is 1.06. The highest BCUT2D eigenvalue weighted by Crippen LogP contribution is 1.96. The van der Waals surface area contributed by atoms with Crippen LogP contribution in [0.1, 0.15) is 12.8 Å². The first kappa shape index (κ1) is 8.66. The molecule has 1 unspecified atom stereocenters. The van der Waals surface area contributed by atoms with Crippen molar-refractivity contribution in [2.24, 2.45) is 0 Å². The second-order valence-electron chi connectivity index (χ2n) is 1.98. The fourth-order valence-corrected chi connectivity index (χ4v) is 0.586. The molecule has 0 aliphatic heterocycles. The average molecular weight is 130 g/mol. The molecule has 0 amide bonds. The minimum absolute atomic E-state index is 0.326. The fourth-order valence-electron chi connectivity index (χ4n) is 0.586. The van der Waals surface area contributed by atoms with Crippen molar-refractivity contribution in [3.8, 4) is 0 Å². The summed E-state index contributed by atoms with van der Waals surface area (Å²) in [6.07, 6.45) is 3.06. The number of aliphatic hydroxyl groups is 1. The van der Waals surface area contributed by atoms with Crippen LogP contribution in [0.3, 0.4) is 0 Å². The zero-order valence-electron chi connectivity index (χ0n) is 5.84. The Hall–Kier alpha value is -0.340. The number of methoxy groups -OCH3 is 1. The van der Waals surface area contributed by atoms with Crippen LogP contribution in [0, 0.1) is 0 Å². The highest BCUT2D eigenvalue weighted by molar-refractivity contribution is 4.68. The normalized spacial score (nSPS) is 13.1. The van der Waals surface area contributed by atoms with Crippen molar-refractivity contribution >= 4 is 0 Å². The first-order valence-corrected chi connectivity index (χ1v) is 3.09. The van der Waals surface area contributed by atoms with E-state index in [2.05, 4.69) is 6.58 Å². The van der Waals surface area contributed by atoms with Crippen LogP contribution < -0.4 is 0 Å². The summed E-state index contributed by atoms with van der Waals surface area (Å²) in [6.45, 7) is 3.97. The maximum absolute atomic E-state index is 9.01. The molecule has 2 heteroatoms. The lowest BCUT2D eigenvalue weighted by atomic mass is 10.2. The monoisotopic (exact) mass is 130 g/mol. The van der Waals surface area contributed by atoms with E-state index in [1.54, 1.807) is 13.2 Å². The Morgan fingerprint density at radius 2 is 2.44 bits per heavy atom. The van der Waals surface area contributed by atoms with Crippen LogP contribution >= 0.6 is 0 Å².